The number of hydrogen-bond donors (Lipinski definition) is 2. The first-order chi connectivity index (χ1) is 8.61. The second-order valence-corrected chi connectivity index (χ2v) is 3.52. The summed E-state index contributed by atoms with van der Waals surface area (Å²) in [5.74, 6) is -0.545. The average molecular weight is 250 g/mol. The topological polar surface area (TPSA) is 79.9 Å². The Labute approximate surface area is 102 Å². The van der Waals surface area contributed by atoms with E-state index in [1.165, 1.54) is 25.3 Å². The van der Waals surface area contributed by atoms with E-state index in [-0.39, 0.29) is 17.3 Å². The van der Waals surface area contributed by atoms with Crippen LogP contribution in [0.2, 0.25) is 0 Å². The molecule has 0 aliphatic heterocycles. The van der Waals surface area contributed by atoms with E-state index in [0.29, 0.717) is 5.82 Å². The molecule has 6 nitrogen and oxygen atoms in total. The quantitative estimate of drug-likeness (QED) is 0.865. The molecule has 0 atom stereocenters. The van der Waals surface area contributed by atoms with E-state index in [1.54, 1.807) is 6.92 Å². The van der Waals surface area contributed by atoms with Gasteiger partial charge in [0, 0.05) is 0 Å². The minimum Gasteiger partial charge on any atom is -0.496 e. The number of aromatic nitrogens is 3. The van der Waals surface area contributed by atoms with Gasteiger partial charge in [0.2, 0.25) is 5.95 Å². The third kappa shape index (κ3) is 2.29. The van der Waals surface area contributed by atoms with Crippen molar-refractivity contribution in [1.29, 1.82) is 0 Å². The molecule has 94 valence electrons. The van der Waals surface area contributed by atoms with Gasteiger partial charge in [0.05, 0.1) is 7.11 Å². The monoisotopic (exact) mass is 250 g/mol. The number of aromatic amines is 1. The molecule has 1 aromatic heterocycles. The molecule has 1 heterocycles. The number of methoxy groups -OCH3 is 1. The molecule has 0 aliphatic carbocycles. The Balaban J connectivity index is 2.28. The number of carbonyl (C=O) groups excluding carboxylic acids is 1. The molecule has 1 aromatic carbocycles. The molecule has 1 amide bonds. The first-order valence-corrected chi connectivity index (χ1v) is 5.14. The van der Waals surface area contributed by atoms with Crippen LogP contribution in [0.4, 0.5) is 10.3 Å². The Morgan fingerprint density at radius 2 is 2.28 bits per heavy atom. The number of halogens is 1. The molecule has 2 N–H and O–H groups in total. The summed E-state index contributed by atoms with van der Waals surface area (Å²) in [7, 11) is 1.36. The van der Waals surface area contributed by atoms with Crippen LogP contribution in [0, 0.1) is 12.7 Å². The summed E-state index contributed by atoms with van der Waals surface area (Å²) in [6, 6.07) is 4.14. The number of aryl methyl sites for hydroxylation is 1. The molecule has 0 radical (unpaired) electrons. The van der Waals surface area contributed by atoms with Gasteiger partial charge in [-0.2, -0.15) is 4.98 Å². The number of H-pyrrole nitrogens is 1. The first kappa shape index (κ1) is 12.0. The largest absolute Gasteiger partial charge is 0.496 e. The van der Waals surface area contributed by atoms with Crippen LogP contribution in [0.3, 0.4) is 0 Å². The molecule has 2 aromatic rings. The van der Waals surface area contributed by atoms with Crippen molar-refractivity contribution in [2.75, 3.05) is 12.4 Å². The van der Waals surface area contributed by atoms with E-state index in [1.807, 2.05) is 0 Å². The molecular formula is C11H11FN4O2. The van der Waals surface area contributed by atoms with Crippen molar-refractivity contribution < 1.29 is 13.9 Å². The summed E-state index contributed by atoms with van der Waals surface area (Å²) in [6.07, 6.45) is 0. The van der Waals surface area contributed by atoms with E-state index in [0.717, 1.165) is 0 Å². The van der Waals surface area contributed by atoms with E-state index in [2.05, 4.69) is 20.5 Å². The Bertz CT molecular complexity index is 582. The number of ether oxygens (including phenoxy) is 1. The zero-order valence-corrected chi connectivity index (χ0v) is 9.82. The van der Waals surface area contributed by atoms with Crippen molar-refractivity contribution in [2.24, 2.45) is 0 Å². The van der Waals surface area contributed by atoms with E-state index in [9.17, 15) is 9.18 Å². The van der Waals surface area contributed by atoms with Gasteiger partial charge in [0.1, 0.15) is 23.0 Å². The van der Waals surface area contributed by atoms with Crippen LogP contribution in [0.1, 0.15) is 16.2 Å². The summed E-state index contributed by atoms with van der Waals surface area (Å²) in [5, 5.41) is 8.69. The number of benzene rings is 1. The Morgan fingerprint density at radius 3 is 2.89 bits per heavy atom. The van der Waals surface area contributed by atoms with Gasteiger partial charge < -0.3 is 4.74 Å². The molecule has 18 heavy (non-hydrogen) atoms. The smallest absolute Gasteiger partial charge is 0.264 e. The van der Waals surface area contributed by atoms with Crippen LogP contribution < -0.4 is 10.1 Å². The molecule has 0 saturated carbocycles. The van der Waals surface area contributed by atoms with Crippen molar-refractivity contribution in [2.45, 2.75) is 6.92 Å². The minimum atomic E-state index is -0.667. The van der Waals surface area contributed by atoms with Crippen LogP contribution in [0.15, 0.2) is 18.2 Å². The zero-order chi connectivity index (χ0) is 13.1. The number of carbonyl (C=O) groups is 1. The van der Waals surface area contributed by atoms with E-state index >= 15 is 0 Å². The third-order valence-electron chi connectivity index (χ3n) is 2.24. The highest BCUT2D eigenvalue weighted by Crippen LogP contribution is 2.21. The van der Waals surface area contributed by atoms with Gasteiger partial charge in [0.15, 0.2) is 0 Å². The number of nitrogens with zero attached hydrogens (tertiary/aromatic N) is 2. The van der Waals surface area contributed by atoms with Gasteiger partial charge in [-0.25, -0.2) is 4.39 Å². The van der Waals surface area contributed by atoms with Crippen LogP contribution in [0.25, 0.3) is 0 Å². The van der Waals surface area contributed by atoms with E-state index in [4.69, 9.17) is 4.74 Å². The summed E-state index contributed by atoms with van der Waals surface area (Å²) in [6.45, 7) is 1.69. The molecule has 0 saturated heterocycles. The van der Waals surface area contributed by atoms with Gasteiger partial charge >= 0.3 is 0 Å². The van der Waals surface area contributed by atoms with Crippen molar-refractivity contribution in [3.8, 4) is 5.75 Å². The SMILES string of the molecule is COc1cccc(F)c1C(=O)Nc1n[nH]c(C)n1. The summed E-state index contributed by atoms with van der Waals surface area (Å²) >= 11 is 0. The molecule has 2 rings (SSSR count). The number of amides is 1. The van der Waals surface area contributed by atoms with Crippen LogP contribution in [0.5, 0.6) is 5.75 Å². The van der Waals surface area contributed by atoms with E-state index < -0.39 is 11.7 Å². The molecule has 0 fully saturated rings. The van der Waals surface area contributed by atoms with Crippen LogP contribution >= 0.6 is 0 Å². The fourth-order valence-corrected chi connectivity index (χ4v) is 1.46. The Hall–Kier alpha value is -2.44. The molecule has 0 spiro atoms. The lowest BCUT2D eigenvalue weighted by molar-refractivity contribution is 0.101. The number of anilines is 1. The second-order valence-electron chi connectivity index (χ2n) is 3.52. The maximum Gasteiger partial charge on any atom is 0.264 e. The lowest BCUT2D eigenvalue weighted by Gasteiger charge is -2.07. The van der Waals surface area contributed by atoms with Crippen molar-refractivity contribution in [3.63, 3.8) is 0 Å². The van der Waals surface area contributed by atoms with Gasteiger partial charge in [-0.15, -0.1) is 5.10 Å². The molecule has 0 bridgehead atoms. The summed E-state index contributed by atoms with van der Waals surface area (Å²) in [5.41, 5.74) is -0.178. The molecule has 0 unspecified atom stereocenters. The standard InChI is InChI=1S/C11H11FN4O2/c1-6-13-11(16-15-6)14-10(17)9-7(12)4-3-5-8(9)18-2/h3-5H,1-2H3,(H2,13,14,15,16,17). The molecule has 7 heteroatoms. The van der Waals surface area contributed by atoms with Gasteiger partial charge in [-0.3, -0.25) is 15.2 Å². The highest BCUT2D eigenvalue weighted by Gasteiger charge is 2.18. The fourth-order valence-electron chi connectivity index (χ4n) is 1.46. The second kappa shape index (κ2) is 4.82. The highest BCUT2D eigenvalue weighted by atomic mass is 19.1. The molecule has 0 aliphatic rings. The van der Waals surface area contributed by atoms with Crippen LogP contribution in [-0.2, 0) is 0 Å². The summed E-state index contributed by atoms with van der Waals surface area (Å²) in [4.78, 5) is 15.8. The van der Waals surface area contributed by atoms with Crippen LogP contribution in [-0.4, -0.2) is 28.2 Å². The third-order valence-corrected chi connectivity index (χ3v) is 2.24. The number of hydrogen-bond acceptors (Lipinski definition) is 4. The number of rotatable bonds is 3. The van der Waals surface area contributed by atoms with Crippen molar-refractivity contribution in [1.82, 2.24) is 15.2 Å². The van der Waals surface area contributed by atoms with Crippen molar-refractivity contribution in [3.05, 3.63) is 35.4 Å². The summed E-state index contributed by atoms with van der Waals surface area (Å²) < 4.78 is 18.5. The molecular weight excluding hydrogens is 239 g/mol. The maximum atomic E-state index is 13.6. The van der Waals surface area contributed by atoms with Gasteiger partial charge in [0.25, 0.3) is 5.91 Å². The lowest BCUT2D eigenvalue weighted by atomic mass is 10.1. The maximum absolute atomic E-state index is 13.6. The van der Waals surface area contributed by atoms with Gasteiger partial charge in [-0.1, -0.05) is 6.07 Å². The normalized spacial score (nSPS) is 10.2. The average Bonchev–Trinajstić information content (AvgIpc) is 2.74. The zero-order valence-electron chi connectivity index (χ0n) is 9.82. The van der Waals surface area contributed by atoms with Crippen molar-refractivity contribution >= 4 is 11.9 Å². The minimum absolute atomic E-state index is 0.0859. The highest BCUT2D eigenvalue weighted by molar-refractivity contribution is 6.05. The Kier molecular flexibility index (Phi) is 3.22. The predicted octanol–water partition coefficient (Wildman–Crippen LogP) is 1.51. The van der Waals surface area contributed by atoms with Gasteiger partial charge in [-0.05, 0) is 19.1 Å². The fraction of sp³-hybridized carbons (Fsp3) is 0.182. The lowest BCUT2D eigenvalue weighted by Crippen LogP contribution is -2.16. The first-order valence-electron chi connectivity index (χ1n) is 5.14. The number of nitrogens with one attached hydrogen (secondary N) is 2. The Morgan fingerprint density at radius 1 is 1.50 bits per heavy atom. The predicted molar refractivity (Wildman–Crippen MR) is 62.0 cm³/mol.